The fourth-order valence-corrected chi connectivity index (χ4v) is 0.774. The van der Waals surface area contributed by atoms with Crippen molar-refractivity contribution in [2.24, 2.45) is 0 Å². The van der Waals surface area contributed by atoms with Crippen LogP contribution in [0.1, 0.15) is 12.8 Å². The molecule has 0 aromatic rings. The first-order valence-corrected chi connectivity index (χ1v) is 4.30. The van der Waals surface area contributed by atoms with E-state index in [0.717, 1.165) is 0 Å². The van der Waals surface area contributed by atoms with Gasteiger partial charge >= 0.3 is 8.60 Å². The van der Waals surface area contributed by atoms with Gasteiger partial charge in [0.1, 0.15) is 0 Å². The summed E-state index contributed by atoms with van der Waals surface area (Å²) in [5.41, 5.74) is 0. The summed E-state index contributed by atoms with van der Waals surface area (Å²) in [6.45, 7) is 1.01. The highest BCUT2D eigenvalue weighted by atomic mass is 31.2. The predicted octanol–water partition coefficient (Wildman–Crippen LogP) is 0.168. The zero-order chi connectivity index (χ0) is 8.53. The molecule has 0 aromatic heterocycles. The molecule has 5 nitrogen and oxygen atoms in total. The van der Waals surface area contributed by atoms with Crippen LogP contribution in [0.2, 0.25) is 0 Å². The summed E-state index contributed by atoms with van der Waals surface area (Å²) in [7, 11) is -2.24. The van der Waals surface area contributed by atoms with E-state index in [4.69, 9.17) is 9.79 Å². The van der Waals surface area contributed by atoms with Gasteiger partial charge in [-0.3, -0.25) is 4.79 Å². The highest BCUT2D eigenvalue weighted by Gasteiger charge is 1.97. The van der Waals surface area contributed by atoms with Gasteiger partial charge in [-0.25, -0.2) is 0 Å². The molecule has 0 radical (unpaired) electrons. The maximum absolute atomic E-state index is 9.62. The van der Waals surface area contributed by atoms with E-state index in [1.54, 1.807) is 0 Å². The third kappa shape index (κ3) is 9.78. The number of carbonyl (C=O) groups is 1. The molecule has 2 N–H and O–H groups in total. The molecule has 11 heavy (non-hydrogen) atoms. The smallest absolute Gasteiger partial charge is 0.327 e. The molecule has 0 aliphatic carbocycles. The fourth-order valence-electron chi connectivity index (χ4n) is 0.482. The van der Waals surface area contributed by atoms with Gasteiger partial charge < -0.3 is 19.0 Å². The monoisotopic (exact) mass is 182 g/mol. The van der Waals surface area contributed by atoms with Gasteiger partial charge in [-0.15, -0.1) is 0 Å². The minimum Gasteiger partial charge on any atom is -0.468 e. The van der Waals surface area contributed by atoms with Crippen LogP contribution in [0, 0.1) is 0 Å². The van der Waals surface area contributed by atoms with Crippen LogP contribution in [0.15, 0.2) is 0 Å². The molecule has 0 aliphatic rings. The molecule has 0 amide bonds. The largest absolute Gasteiger partial charge is 0.468 e. The van der Waals surface area contributed by atoms with Crippen molar-refractivity contribution in [2.45, 2.75) is 12.8 Å². The summed E-state index contributed by atoms with van der Waals surface area (Å²) < 4.78 is 8.84. The molecule has 0 heterocycles. The lowest BCUT2D eigenvalue weighted by Gasteiger charge is -2.02. The Labute approximate surface area is 65.9 Å². The van der Waals surface area contributed by atoms with Crippen molar-refractivity contribution in [2.75, 3.05) is 13.2 Å². The third-order valence-electron chi connectivity index (χ3n) is 0.931. The number of hydrogen-bond donors (Lipinski definition) is 2. The zero-order valence-electron chi connectivity index (χ0n) is 5.97. The Morgan fingerprint density at radius 1 is 1.27 bits per heavy atom. The summed E-state index contributed by atoms with van der Waals surface area (Å²) in [5.74, 6) is 0. The number of rotatable bonds is 7. The molecule has 0 rings (SSSR count). The van der Waals surface area contributed by atoms with Crippen LogP contribution in [0.3, 0.4) is 0 Å². The minimum atomic E-state index is -2.24. The van der Waals surface area contributed by atoms with E-state index in [0.29, 0.717) is 25.9 Å². The topological polar surface area (TPSA) is 76.0 Å². The van der Waals surface area contributed by atoms with Crippen LogP contribution in [0.5, 0.6) is 0 Å². The second kappa shape index (κ2) is 7.88. The molecule has 0 saturated carbocycles. The molecule has 0 aromatic carbocycles. The van der Waals surface area contributed by atoms with Gasteiger partial charge in [0.25, 0.3) is 6.47 Å². The Morgan fingerprint density at radius 2 is 1.91 bits per heavy atom. The Kier molecular flexibility index (Phi) is 7.72. The van der Waals surface area contributed by atoms with Gasteiger partial charge in [0.05, 0.1) is 13.2 Å². The van der Waals surface area contributed by atoms with Gasteiger partial charge in [-0.1, -0.05) is 0 Å². The summed E-state index contributed by atoms with van der Waals surface area (Å²) in [5, 5.41) is 0. The van der Waals surface area contributed by atoms with Crippen molar-refractivity contribution in [1.29, 1.82) is 0 Å². The van der Waals surface area contributed by atoms with E-state index in [1.807, 2.05) is 0 Å². The lowest BCUT2D eigenvalue weighted by molar-refractivity contribution is -0.128. The molecular formula is C5H11O5P. The summed E-state index contributed by atoms with van der Waals surface area (Å²) >= 11 is 0. The number of ether oxygens (including phenoxy) is 1. The molecule has 6 heteroatoms. The van der Waals surface area contributed by atoms with Crippen molar-refractivity contribution < 1.29 is 23.8 Å². The highest BCUT2D eigenvalue weighted by Crippen LogP contribution is 2.24. The van der Waals surface area contributed by atoms with E-state index in [-0.39, 0.29) is 6.61 Å². The first-order chi connectivity index (χ1) is 5.27. The second-order valence-electron chi connectivity index (χ2n) is 1.76. The molecule has 0 saturated heterocycles. The van der Waals surface area contributed by atoms with Crippen LogP contribution in [0.4, 0.5) is 0 Å². The van der Waals surface area contributed by atoms with Crippen LogP contribution in [0.25, 0.3) is 0 Å². The van der Waals surface area contributed by atoms with Crippen LogP contribution in [-0.2, 0) is 14.1 Å². The Balaban J connectivity index is 2.85. The quantitative estimate of drug-likeness (QED) is 0.333. The predicted molar refractivity (Wildman–Crippen MR) is 38.6 cm³/mol. The summed E-state index contributed by atoms with van der Waals surface area (Å²) in [6.07, 6.45) is 1.32. The molecule has 0 unspecified atom stereocenters. The SMILES string of the molecule is O=COCCCCOP(O)O. The van der Waals surface area contributed by atoms with Gasteiger partial charge in [-0.2, -0.15) is 0 Å². The van der Waals surface area contributed by atoms with Gasteiger partial charge in [-0.05, 0) is 12.8 Å². The average molecular weight is 182 g/mol. The summed E-state index contributed by atoms with van der Waals surface area (Å²) in [6, 6.07) is 0. The van der Waals surface area contributed by atoms with Crippen LogP contribution in [-0.4, -0.2) is 29.5 Å². The van der Waals surface area contributed by atoms with E-state index in [2.05, 4.69) is 9.26 Å². The van der Waals surface area contributed by atoms with Gasteiger partial charge in [0.15, 0.2) is 0 Å². The van der Waals surface area contributed by atoms with E-state index in [1.165, 1.54) is 0 Å². The number of carbonyl (C=O) groups excluding carboxylic acids is 1. The van der Waals surface area contributed by atoms with Crippen molar-refractivity contribution in [3.63, 3.8) is 0 Å². The lowest BCUT2D eigenvalue weighted by Crippen LogP contribution is -1.95. The van der Waals surface area contributed by atoms with Gasteiger partial charge in [0.2, 0.25) is 0 Å². The molecular weight excluding hydrogens is 171 g/mol. The highest BCUT2D eigenvalue weighted by molar-refractivity contribution is 7.39. The van der Waals surface area contributed by atoms with E-state index in [9.17, 15) is 4.79 Å². The van der Waals surface area contributed by atoms with Gasteiger partial charge in [0, 0.05) is 0 Å². The van der Waals surface area contributed by atoms with Crippen molar-refractivity contribution >= 4 is 15.1 Å². The fraction of sp³-hybridized carbons (Fsp3) is 0.800. The first kappa shape index (κ1) is 10.8. The van der Waals surface area contributed by atoms with E-state index < -0.39 is 8.60 Å². The standard InChI is InChI=1S/C5H11O5P/c6-5-9-3-1-2-4-10-11(7)8/h5,7-8H,1-4H2. The first-order valence-electron chi connectivity index (χ1n) is 3.13. The van der Waals surface area contributed by atoms with Crippen molar-refractivity contribution in [3.05, 3.63) is 0 Å². The summed E-state index contributed by atoms with van der Waals surface area (Å²) in [4.78, 5) is 26.1. The normalized spacial score (nSPS) is 10.1. The minimum absolute atomic E-state index is 0.279. The average Bonchev–Trinajstić information content (AvgIpc) is 1.96. The maximum Gasteiger partial charge on any atom is 0.327 e. The number of hydrogen-bond acceptors (Lipinski definition) is 5. The lowest BCUT2D eigenvalue weighted by atomic mass is 10.3. The maximum atomic E-state index is 9.62. The molecule has 66 valence electrons. The molecule has 0 aliphatic heterocycles. The third-order valence-corrected chi connectivity index (χ3v) is 1.34. The Bertz CT molecular complexity index is 96.9. The zero-order valence-corrected chi connectivity index (χ0v) is 6.87. The van der Waals surface area contributed by atoms with Crippen LogP contribution >= 0.6 is 8.60 Å². The van der Waals surface area contributed by atoms with Crippen molar-refractivity contribution in [1.82, 2.24) is 0 Å². The Morgan fingerprint density at radius 3 is 2.45 bits per heavy atom. The number of unbranched alkanes of at least 4 members (excludes halogenated alkanes) is 1. The van der Waals surface area contributed by atoms with E-state index >= 15 is 0 Å². The molecule has 0 atom stereocenters. The second-order valence-corrected chi connectivity index (χ2v) is 2.52. The van der Waals surface area contributed by atoms with Crippen molar-refractivity contribution in [3.8, 4) is 0 Å². The molecule has 0 bridgehead atoms. The van der Waals surface area contributed by atoms with Crippen LogP contribution < -0.4 is 0 Å². The Hall–Kier alpha value is -0.220. The molecule has 0 spiro atoms. The molecule has 0 fully saturated rings.